The molecule has 0 saturated carbocycles. The Kier molecular flexibility index (Phi) is 10.6. The van der Waals surface area contributed by atoms with Gasteiger partial charge in [-0.1, -0.05) is 36.4 Å². The van der Waals surface area contributed by atoms with Crippen LogP contribution in [-0.4, -0.2) is 36.4 Å². The molecule has 2 N–H and O–H groups in total. The lowest BCUT2D eigenvalue weighted by Crippen LogP contribution is -2.11. The van der Waals surface area contributed by atoms with Crippen LogP contribution in [0.3, 0.4) is 0 Å². The lowest BCUT2D eigenvalue weighted by atomic mass is 10.1. The first-order chi connectivity index (χ1) is 14.1. The summed E-state index contributed by atoms with van der Waals surface area (Å²) >= 11 is 0. The molecule has 2 aromatic carbocycles. The molecule has 0 amide bonds. The Morgan fingerprint density at radius 2 is 1.83 bits per heavy atom. The number of ether oxygens (including phenoxy) is 2. The number of aromatic nitrogens is 1. The fourth-order valence-electron chi connectivity index (χ4n) is 2.91. The summed E-state index contributed by atoms with van der Waals surface area (Å²) in [7, 11) is 1.61. The van der Waals surface area contributed by atoms with Gasteiger partial charge < -0.3 is 19.9 Å². The molecule has 0 atom stereocenters. The Bertz CT molecular complexity index is 963. The number of carbonyl (C=O) groups excluding carboxylic acids is 1. The van der Waals surface area contributed by atoms with Crippen LogP contribution in [0.25, 0.3) is 10.9 Å². The average Bonchev–Trinajstić information content (AvgIpc) is 2.73. The smallest absolute Gasteiger partial charge is 0.341 e. The number of fused-ring (bicyclic) bond motifs is 1. The minimum atomic E-state index is -0.392. The molecule has 0 spiro atoms. The van der Waals surface area contributed by atoms with Crippen molar-refractivity contribution in [2.45, 2.75) is 27.3 Å². The van der Waals surface area contributed by atoms with Crippen molar-refractivity contribution in [3.05, 3.63) is 65.4 Å². The molecule has 3 aromatic rings. The Morgan fingerprint density at radius 1 is 1.13 bits per heavy atom. The minimum absolute atomic E-state index is 0. The number of rotatable bonds is 6. The van der Waals surface area contributed by atoms with Crippen molar-refractivity contribution in [1.82, 2.24) is 4.98 Å². The van der Waals surface area contributed by atoms with Crippen LogP contribution in [0.5, 0.6) is 5.75 Å². The van der Waals surface area contributed by atoms with Crippen LogP contribution in [0.15, 0.2) is 48.7 Å². The number of aliphatic hydroxyl groups excluding tert-OH is 1. The molecular formula is C23H29ClN2O4. The van der Waals surface area contributed by atoms with Gasteiger partial charge in [0.2, 0.25) is 0 Å². The normalized spacial score (nSPS) is 9.77. The third-order valence-electron chi connectivity index (χ3n) is 4.29. The molecule has 1 aromatic heterocycles. The molecule has 3 rings (SSSR count). The molecule has 0 aliphatic heterocycles. The van der Waals surface area contributed by atoms with E-state index in [1.807, 2.05) is 30.3 Å². The van der Waals surface area contributed by atoms with Crippen LogP contribution in [0, 0.1) is 6.92 Å². The Labute approximate surface area is 183 Å². The number of para-hydroxylation sites is 1. The topological polar surface area (TPSA) is 80.7 Å². The summed E-state index contributed by atoms with van der Waals surface area (Å²) in [4.78, 5) is 16.8. The van der Waals surface area contributed by atoms with Gasteiger partial charge in [-0.05, 0) is 38.0 Å². The number of anilines is 1. The van der Waals surface area contributed by atoms with Crippen molar-refractivity contribution in [2.24, 2.45) is 0 Å². The van der Waals surface area contributed by atoms with Gasteiger partial charge in [0.15, 0.2) is 0 Å². The summed E-state index contributed by atoms with van der Waals surface area (Å²) < 4.78 is 10.6. The van der Waals surface area contributed by atoms with Crippen LogP contribution >= 0.6 is 12.4 Å². The number of hydrogen-bond donors (Lipinski definition) is 2. The molecule has 7 heteroatoms. The summed E-state index contributed by atoms with van der Waals surface area (Å²) in [6.07, 6.45) is 1.54. The highest BCUT2D eigenvalue weighted by molar-refractivity contribution is 6.06. The van der Waals surface area contributed by atoms with Crippen molar-refractivity contribution >= 4 is 35.0 Å². The molecule has 1 heterocycles. The van der Waals surface area contributed by atoms with E-state index in [0.717, 1.165) is 10.9 Å². The Hall–Kier alpha value is -2.83. The maximum absolute atomic E-state index is 12.4. The predicted octanol–water partition coefficient (Wildman–Crippen LogP) is 4.76. The van der Waals surface area contributed by atoms with E-state index in [2.05, 4.69) is 29.4 Å². The van der Waals surface area contributed by atoms with Gasteiger partial charge in [0.25, 0.3) is 0 Å². The van der Waals surface area contributed by atoms with Gasteiger partial charge >= 0.3 is 5.97 Å². The molecule has 0 radical (unpaired) electrons. The van der Waals surface area contributed by atoms with E-state index in [0.29, 0.717) is 35.7 Å². The largest absolute Gasteiger partial charge is 0.494 e. The molecule has 0 aliphatic rings. The number of aryl methyl sites for hydroxylation is 1. The number of benzene rings is 2. The number of halogens is 1. The number of nitrogens with zero attached hydrogens (tertiary/aromatic N) is 1. The second kappa shape index (κ2) is 12.7. The van der Waals surface area contributed by atoms with E-state index in [9.17, 15) is 4.79 Å². The molecule has 0 fully saturated rings. The van der Waals surface area contributed by atoms with Gasteiger partial charge in [-0.25, -0.2) is 4.79 Å². The third-order valence-corrected chi connectivity index (χ3v) is 4.29. The molecular weight excluding hydrogens is 404 g/mol. The molecule has 0 unspecified atom stereocenters. The Balaban J connectivity index is 0.00000106. The van der Waals surface area contributed by atoms with Crippen LogP contribution in [-0.2, 0) is 11.3 Å². The summed E-state index contributed by atoms with van der Waals surface area (Å²) in [6.45, 7) is 6.69. The molecule has 6 nitrogen and oxygen atoms in total. The maximum Gasteiger partial charge on any atom is 0.341 e. The van der Waals surface area contributed by atoms with Crippen molar-refractivity contribution in [3.8, 4) is 5.75 Å². The number of esters is 1. The number of nitrogens with one attached hydrogen (secondary N) is 1. The highest BCUT2D eigenvalue weighted by atomic mass is 35.5. The first-order valence-corrected chi connectivity index (χ1v) is 9.59. The summed E-state index contributed by atoms with van der Waals surface area (Å²) in [6, 6.07) is 13.8. The zero-order valence-electron chi connectivity index (χ0n) is 17.8. The minimum Gasteiger partial charge on any atom is -0.494 e. The molecule has 0 bridgehead atoms. The van der Waals surface area contributed by atoms with E-state index < -0.39 is 5.97 Å². The summed E-state index contributed by atoms with van der Waals surface area (Å²) in [5.74, 6) is 0.272. The quantitative estimate of drug-likeness (QED) is 0.546. The number of pyridine rings is 1. The van der Waals surface area contributed by atoms with Gasteiger partial charge in [0, 0.05) is 24.7 Å². The molecule has 0 saturated heterocycles. The number of aliphatic hydroxyl groups is 1. The maximum atomic E-state index is 12.4. The zero-order valence-corrected chi connectivity index (χ0v) is 18.6. The van der Waals surface area contributed by atoms with Crippen molar-refractivity contribution in [2.75, 3.05) is 25.6 Å². The average molecular weight is 433 g/mol. The first kappa shape index (κ1) is 25.2. The van der Waals surface area contributed by atoms with E-state index in [4.69, 9.17) is 14.6 Å². The second-order valence-corrected chi connectivity index (χ2v) is 6.22. The fourth-order valence-corrected chi connectivity index (χ4v) is 2.91. The Morgan fingerprint density at radius 3 is 2.47 bits per heavy atom. The monoisotopic (exact) mass is 432 g/mol. The van der Waals surface area contributed by atoms with Crippen LogP contribution in [0.4, 0.5) is 5.69 Å². The summed E-state index contributed by atoms with van der Waals surface area (Å²) in [5, 5.41) is 11.8. The van der Waals surface area contributed by atoms with Gasteiger partial charge in [-0.15, -0.1) is 12.4 Å². The van der Waals surface area contributed by atoms with Crippen LogP contribution in [0.2, 0.25) is 0 Å². The van der Waals surface area contributed by atoms with E-state index >= 15 is 0 Å². The fraction of sp³-hybridized carbons (Fsp3) is 0.304. The summed E-state index contributed by atoms with van der Waals surface area (Å²) in [5.41, 5.74) is 4.18. The van der Waals surface area contributed by atoms with Gasteiger partial charge in [0.1, 0.15) is 16.8 Å². The van der Waals surface area contributed by atoms with Crippen molar-refractivity contribution < 1.29 is 19.4 Å². The lowest BCUT2D eigenvalue weighted by molar-refractivity contribution is 0.0527. The van der Waals surface area contributed by atoms with Gasteiger partial charge in [-0.3, -0.25) is 4.98 Å². The van der Waals surface area contributed by atoms with Crippen molar-refractivity contribution in [3.63, 3.8) is 0 Å². The SMILES string of the molecule is CCO.CCOC(=O)c1cnc2c(OC)cccc2c1NCc1ccccc1C.Cl. The van der Waals surface area contributed by atoms with Crippen molar-refractivity contribution in [1.29, 1.82) is 0 Å². The highest BCUT2D eigenvalue weighted by Crippen LogP contribution is 2.32. The van der Waals surface area contributed by atoms with Gasteiger partial charge in [-0.2, -0.15) is 0 Å². The van der Waals surface area contributed by atoms with E-state index in [-0.39, 0.29) is 19.0 Å². The number of carbonyl (C=O) groups is 1. The lowest BCUT2D eigenvalue weighted by Gasteiger charge is -2.16. The third kappa shape index (κ3) is 6.08. The first-order valence-electron chi connectivity index (χ1n) is 9.59. The zero-order chi connectivity index (χ0) is 21.2. The predicted molar refractivity (Wildman–Crippen MR) is 123 cm³/mol. The van der Waals surface area contributed by atoms with Crippen LogP contribution in [0.1, 0.15) is 35.3 Å². The van der Waals surface area contributed by atoms with Gasteiger partial charge in [0.05, 0.1) is 19.4 Å². The van der Waals surface area contributed by atoms with Crippen LogP contribution < -0.4 is 10.1 Å². The molecule has 0 aliphatic carbocycles. The standard InChI is InChI=1S/C21H22N2O3.C2H6O.ClH/c1-4-26-21(24)17-13-23-20-16(10-7-11-18(20)25-3)19(17)22-12-15-9-6-5-8-14(15)2;1-2-3;/h5-11,13H,4,12H2,1-3H3,(H,22,23);3H,2H2,1H3;1H. The van der Waals surface area contributed by atoms with E-state index in [1.165, 1.54) is 5.56 Å². The molecule has 162 valence electrons. The highest BCUT2D eigenvalue weighted by Gasteiger charge is 2.18. The van der Waals surface area contributed by atoms with E-state index in [1.54, 1.807) is 27.2 Å². The second-order valence-electron chi connectivity index (χ2n) is 6.22. The molecule has 30 heavy (non-hydrogen) atoms. The number of hydrogen-bond acceptors (Lipinski definition) is 6. The number of methoxy groups -OCH3 is 1.